The van der Waals surface area contributed by atoms with Gasteiger partial charge in [0.05, 0.1) is 0 Å². The summed E-state index contributed by atoms with van der Waals surface area (Å²) in [6.45, 7) is 3.00. The van der Waals surface area contributed by atoms with Gasteiger partial charge in [-0.25, -0.2) is 4.79 Å². The molecule has 0 spiro atoms. The van der Waals surface area contributed by atoms with Gasteiger partial charge >= 0.3 is 6.16 Å². The third-order valence-electron chi connectivity index (χ3n) is 2.92. The maximum atomic E-state index is 10.6. The summed E-state index contributed by atoms with van der Waals surface area (Å²) in [6.07, 6.45) is 5.99. The van der Waals surface area contributed by atoms with Crippen LogP contribution >= 0.6 is 0 Å². The summed E-state index contributed by atoms with van der Waals surface area (Å²) >= 11 is 0. The number of rotatable bonds is 6. The summed E-state index contributed by atoms with van der Waals surface area (Å²) in [5.74, 6) is 0. The number of hydrogen-bond acceptors (Lipinski definition) is 3. The molecule has 1 fully saturated rings. The third kappa shape index (κ3) is 4.08. The molecule has 0 bridgehead atoms. The first kappa shape index (κ1) is 12.3. The van der Waals surface area contributed by atoms with Gasteiger partial charge in [-0.3, -0.25) is 5.32 Å². The van der Waals surface area contributed by atoms with Gasteiger partial charge < -0.3 is 9.84 Å². The van der Waals surface area contributed by atoms with Gasteiger partial charge in [0.25, 0.3) is 0 Å². The second kappa shape index (κ2) is 5.95. The van der Waals surface area contributed by atoms with Crippen molar-refractivity contribution in [3.63, 3.8) is 0 Å². The molecule has 0 amide bonds. The number of carbonyl (C=O) groups is 1. The molecule has 1 aliphatic carbocycles. The second-order valence-electron chi connectivity index (χ2n) is 4.20. The molecule has 0 aromatic heterocycles. The van der Waals surface area contributed by atoms with Gasteiger partial charge in [-0.1, -0.05) is 19.8 Å². The molecule has 1 rings (SSSR count). The monoisotopic (exact) mass is 215 g/mol. The van der Waals surface area contributed by atoms with E-state index in [-0.39, 0.29) is 0 Å². The largest absolute Gasteiger partial charge is 0.507 e. The van der Waals surface area contributed by atoms with E-state index in [1.54, 1.807) is 0 Å². The molecule has 4 heteroatoms. The van der Waals surface area contributed by atoms with Crippen molar-refractivity contribution in [2.45, 2.75) is 57.6 Å². The molecule has 0 heterocycles. The first-order valence-corrected chi connectivity index (χ1v) is 5.85. The lowest BCUT2D eigenvalue weighted by Gasteiger charge is -2.28. The molecule has 0 aromatic rings. The van der Waals surface area contributed by atoms with E-state index in [1.807, 2.05) is 0 Å². The Morgan fingerprint density at radius 1 is 1.40 bits per heavy atom. The summed E-state index contributed by atoms with van der Waals surface area (Å²) in [4.78, 5) is 10.6. The molecular formula is C11H21NO3. The van der Waals surface area contributed by atoms with Crippen LogP contribution in [0.1, 0.15) is 51.9 Å². The second-order valence-corrected chi connectivity index (χ2v) is 4.20. The van der Waals surface area contributed by atoms with Crippen molar-refractivity contribution in [1.82, 2.24) is 5.32 Å². The number of nitrogens with one attached hydrogen (secondary N) is 1. The van der Waals surface area contributed by atoms with Crippen molar-refractivity contribution in [3.05, 3.63) is 0 Å². The molecule has 0 atom stereocenters. The maximum Gasteiger partial charge on any atom is 0.507 e. The molecule has 0 aromatic carbocycles. The summed E-state index contributed by atoms with van der Waals surface area (Å²) in [7, 11) is 0. The van der Waals surface area contributed by atoms with Crippen molar-refractivity contribution >= 4 is 6.16 Å². The minimum Gasteiger partial charge on any atom is -0.450 e. The molecule has 0 aliphatic heterocycles. The fourth-order valence-electron chi connectivity index (χ4n) is 2.12. The fraction of sp³-hybridized carbons (Fsp3) is 0.909. The van der Waals surface area contributed by atoms with Crippen LogP contribution in [0.2, 0.25) is 0 Å². The Balaban J connectivity index is 2.32. The lowest BCUT2D eigenvalue weighted by Crippen LogP contribution is -2.46. The van der Waals surface area contributed by atoms with Crippen molar-refractivity contribution in [1.29, 1.82) is 0 Å². The van der Waals surface area contributed by atoms with Crippen LogP contribution in [0.5, 0.6) is 0 Å². The average molecular weight is 215 g/mol. The summed E-state index contributed by atoms with van der Waals surface area (Å²) in [6, 6.07) is 0. The summed E-state index contributed by atoms with van der Waals surface area (Å²) in [5, 5.41) is 11.9. The van der Waals surface area contributed by atoms with Crippen molar-refractivity contribution < 1.29 is 14.6 Å². The predicted octanol–water partition coefficient (Wildman–Crippen LogP) is 2.73. The van der Waals surface area contributed by atoms with E-state index in [1.165, 1.54) is 12.8 Å². The lowest BCUT2D eigenvalue weighted by molar-refractivity contribution is -0.0371. The van der Waals surface area contributed by atoms with Crippen LogP contribution in [0.25, 0.3) is 0 Å². The van der Waals surface area contributed by atoms with E-state index in [2.05, 4.69) is 12.2 Å². The van der Waals surface area contributed by atoms with Crippen LogP contribution in [-0.2, 0) is 4.74 Å². The number of unbranched alkanes of at least 4 members (excludes halogenated alkanes) is 2. The minimum absolute atomic E-state index is 0.584. The molecule has 88 valence electrons. The van der Waals surface area contributed by atoms with E-state index in [4.69, 9.17) is 9.84 Å². The first-order chi connectivity index (χ1) is 7.18. The summed E-state index contributed by atoms with van der Waals surface area (Å²) in [5.41, 5.74) is -0.584. The Morgan fingerprint density at radius 3 is 2.60 bits per heavy atom. The smallest absolute Gasteiger partial charge is 0.450 e. The first-order valence-electron chi connectivity index (χ1n) is 5.85. The SMILES string of the molecule is CCCCCNC1(OC(=O)O)CCCC1. The van der Waals surface area contributed by atoms with Crippen LogP contribution in [-0.4, -0.2) is 23.5 Å². The highest BCUT2D eigenvalue weighted by molar-refractivity contribution is 5.57. The molecule has 0 radical (unpaired) electrons. The van der Waals surface area contributed by atoms with Gasteiger partial charge in [0.1, 0.15) is 0 Å². The van der Waals surface area contributed by atoms with Gasteiger partial charge in [0, 0.05) is 12.8 Å². The normalized spacial score (nSPS) is 19.0. The van der Waals surface area contributed by atoms with E-state index in [0.29, 0.717) is 0 Å². The van der Waals surface area contributed by atoms with Crippen molar-refractivity contribution in [3.8, 4) is 0 Å². The molecule has 1 aliphatic rings. The van der Waals surface area contributed by atoms with Gasteiger partial charge in [-0.05, 0) is 25.8 Å². The Labute approximate surface area is 91.0 Å². The van der Waals surface area contributed by atoms with Crippen LogP contribution in [0.3, 0.4) is 0 Å². The highest BCUT2D eigenvalue weighted by Crippen LogP contribution is 2.30. The number of ether oxygens (including phenoxy) is 1. The zero-order chi connectivity index (χ0) is 11.1. The van der Waals surface area contributed by atoms with E-state index in [0.717, 1.165) is 38.6 Å². The number of carboxylic acid groups (broad SMARTS) is 1. The Morgan fingerprint density at radius 2 is 2.07 bits per heavy atom. The van der Waals surface area contributed by atoms with Crippen LogP contribution in [0, 0.1) is 0 Å². The van der Waals surface area contributed by atoms with Gasteiger partial charge in [-0.15, -0.1) is 0 Å². The zero-order valence-corrected chi connectivity index (χ0v) is 9.42. The Kier molecular flexibility index (Phi) is 4.88. The summed E-state index contributed by atoms with van der Waals surface area (Å²) < 4.78 is 4.98. The highest BCUT2D eigenvalue weighted by atomic mass is 16.7. The van der Waals surface area contributed by atoms with Crippen LogP contribution in [0.4, 0.5) is 4.79 Å². The molecular weight excluding hydrogens is 194 g/mol. The average Bonchev–Trinajstić information content (AvgIpc) is 2.61. The molecule has 1 saturated carbocycles. The predicted molar refractivity (Wildman–Crippen MR) is 57.8 cm³/mol. The third-order valence-corrected chi connectivity index (χ3v) is 2.92. The highest BCUT2D eigenvalue weighted by Gasteiger charge is 2.37. The van der Waals surface area contributed by atoms with Gasteiger partial charge in [0.15, 0.2) is 5.72 Å². The minimum atomic E-state index is -1.17. The van der Waals surface area contributed by atoms with Gasteiger partial charge in [-0.2, -0.15) is 0 Å². The Bertz CT molecular complexity index is 200. The van der Waals surface area contributed by atoms with Crippen LogP contribution in [0.15, 0.2) is 0 Å². The number of hydrogen-bond donors (Lipinski definition) is 2. The van der Waals surface area contributed by atoms with Crippen molar-refractivity contribution in [2.75, 3.05) is 6.54 Å². The van der Waals surface area contributed by atoms with E-state index < -0.39 is 11.9 Å². The molecule has 2 N–H and O–H groups in total. The van der Waals surface area contributed by atoms with E-state index >= 15 is 0 Å². The Hall–Kier alpha value is -0.770. The standard InChI is InChI=1S/C11H21NO3/c1-2-3-6-9-12-11(15-10(13)14)7-4-5-8-11/h12H,2-9H2,1H3,(H,13,14). The van der Waals surface area contributed by atoms with E-state index in [9.17, 15) is 4.79 Å². The zero-order valence-electron chi connectivity index (χ0n) is 9.42. The van der Waals surface area contributed by atoms with Crippen molar-refractivity contribution in [2.24, 2.45) is 0 Å². The fourth-order valence-corrected chi connectivity index (χ4v) is 2.12. The molecule has 0 saturated heterocycles. The molecule has 4 nitrogen and oxygen atoms in total. The van der Waals surface area contributed by atoms with Gasteiger partial charge in [0.2, 0.25) is 0 Å². The molecule has 15 heavy (non-hydrogen) atoms. The quantitative estimate of drug-likeness (QED) is 0.406. The molecule has 0 unspecified atom stereocenters. The van der Waals surface area contributed by atoms with Crippen LogP contribution < -0.4 is 5.32 Å². The topological polar surface area (TPSA) is 58.6 Å². The lowest BCUT2D eigenvalue weighted by atomic mass is 10.1. The maximum absolute atomic E-state index is 10.6.